The van der Waals surface area contributed by atoms with Gasteiger partial charge in [-0.1, -0.05) is 18.9 Å². The van der Waals surface area contributed by atoms with Gasteiger partial charge >= 0.3 is 0 Å². The van der Waals surface area contributed by atoms with Gasteiger partial charge in [0.1, 0.15) is 13.2 Å². The molecule has 1 aromatic heterocycles. The number of carbonyl (C=O) groups excluding carboxylic acids is 1. The zero-order valence-electron chi connectivity index (χ0n) is 16.9. The molecule has 0 radical (unpaired) electrons. The number of ether oxygens (including phenoxy) is 2. The maximum absolute atomic E-state index is 12.9. The van der Waals surface area contributed by atoms with Gasteiger partial charge in [-0.15, -0.1) is 0 Å². The van der Waals surface area contributed by atoms with Crippen molar-refractivity contribution in [3.05, 3.63) is 53.3 Å². The second-order valence-corrected chi connectivity index (χ2v) is 8.18. The Morgan fingerprint density at radius 1 is 1.10 bits per heavy atom. The molecule has 0 atom stereocenters. The molecule has 1 saturated carbocycles. The topological polar surface area (TPSA) is 76.2 Å². The van der Waals surface area contributed by atoms with E-state index in [9.17, 15) is 13.6 Å². The van der Waals surface area contributed by atoms with Crippen LogP contribution in [0.5, 0.6) is 11.5 Å². The zero-order valence-corrected chi connectivity index (χ0v) is 16.9. The van der Waals surface area contributed by atoms with Gasteiger partial charge in [-0.25, -0.2) is 13.8 Å². The number of nitrogens with one attached hydrogen (secondary N) is 2. The fraction of sp³-hybridized carbons (Fsp3) is 0.391. The van der Waals surface area contributed by atoms with Crippen LogP contribution in [-0.4, -0.2) is 35.6 Å². The van der Waals surface area contributed by atoms with Crippen molar-refractivity contribution >= 4 is 16.9 Å². The van der Waals surface area contributed by atoms with Crippen LogP contribution in [0.4, 0.5) is 8.78 Å². The number of hydrogen-bond acceptors (Lipinski definition) is 4. The number of carbonyl (C=O) groups is 1. The molecular weight excluding hydrogens is 404 g/mol. The summed E-state index contributed by atoms with van der Waals surface area (Å²) < 4.78 is 37.1. The van der Waals surface area contributed by atoms with Gasteiger partial charge in [-0.05, 0) is 48.7 Å². The molecule has 0 bridgehead atoms. The first-order valence-corrected chi connectivity index (χ1v) is 10.5. The summed E-state index contributed by atoms with van der Waals surface area (Å²) in [5.74, 6) is 0.874. The van der Waals surface area contributed by atoms with E-state index in [2.05, 4.69) is 21.4 Å². The van der Waals surface area contributed by atoms with E-state index in [1.165, 1.54) is 0 Å². The lowest BCUT2D eigenvalue weighted by molar-refractivity contribution is 0.0943. The normalized spacial score (nSPS) is 17.3. The van der Waals surface area contributed by atoms with Crippen molar-refractivity contribution in [1.29, 1.82) is 0 Å². The number of hydrogen-bond donors (Lipinski definition) is 2. The highest BCUT2D eigenvalue weighted by Crippen LogP contribution is 2.43. The number of aromatic amines is 1. The second-order valence-electron chi connectivity index (χ2n) is 8.18. The molecule has 2 aromatic carbocycles. The lowest BCUT2D eigenvalue weighted by Crippen LogP contribution is -2.39. The third-order valence-electron chi connectivity index (χ3n) is 6.27. The summed E-state index contributed by atoms with van der Waals surface area (Å²) in [5, 5.41) is 3.06. The van der Waals surface area contributed by atoms with E-state index in [-0.39, 0.29) is 11.3 Å². The van der Waals surface area contributed by atoms with Gasteiger partial charge in [0.2, 0.25) is 0 Å². The van der Waals surface area contributed by atoms with E-state index in [4.69, 9.17) is 9.47 Å². The minimum Gasteiger partial charge on any atom is -0.486 e. The average molecular weight is 427 g/mol. The number of H-pyrrole nitrogens is 1. The predicted molar refractivity (Wildman–Crippen MR) is 111 cm³/mol. The average Bonchev–Trinajstić information content (AvgIpc) is 3.44. The summed E-state index contributed by atoms with van der Waals surface area (Å²) in [6.07, 6.45) is 1.47. The van der Waals surface area contributed by atoms with Gasteiger partial charge in [0.15, 0.2) is 17.3 Å². The molecule has 8 heteroatoms. The second kappa shape index (κ2) is 7.83. The number of amides is 1. The van der Waals surface area contributed by atoms with E-state index in [0.717, 1.165) is 42.7 Å². The Labute approximate surface area is 178 Å². The third-order valence-corrected chi connectivity index (χ3v) is 6.27. The molecular formula is C23H23F2N3O3. The molecule has 2 aliphatic rings. The van der Waals surface area contributed by atoms with Gasteiger partial charge in [-0.3, -0.25) is 4.79 Å². The van der Waals surface area contributed by atoms with Crippen molar-refractivity contribution < 1.29 is 23.0 Å². The van der Waals surface area contributed by atoms with Crippen LogP contribution in [0.25, 0.3) is 11.0 Å². The van der Waals surface area contributed by atoms with Crippen LogP contribution in [0, 0.1) is 0 Å². The summed E-state index contributed by atoms with van der Waals surface area (Å²) in [7, 11) is 0. The summed E-state index contributed by atoms with van der Waals surface area (Å²) >= 11 is 0. The van der Waals surface area contributed by atoms with Gasteiger partial charge in [0.05, 0.1) is 11.0 Å². The van der Waals surface area contributed by atoms with E-state index in [1.807, 2.05) is 12.1 Å². The monoisotopic (exact) mass is 427 g/mol. The highest BCUT2D eigenvalue weighted by Gasteiger charge is 2.37. The Morgan fingerprint density at radius 3 is 2.65 bits per heavy atom. The quantitative estimate of drug-likeness (QED) is 0.628. The van der Waals surface area contributed by atoms with Gasteiger partial charge in [-0.2, -0.15) is 0 Å². The maximum atomic E-state index is 12.9. The number of aromatic nitrogens is 2. The first-order valence-electron chi connectivity index (χ1n) is 10.5. The summed E-state index contributed by atoms with van der Waals surface area (Å²) in [4.78, 5) is 19.3. The zero-order chi connectivity index (χ0) is 21.4. The molecule has 1 amide bonds. The molecule has 2 heterocycles. The third kappa shape index (κ3) is 3.71. The number of fused-ring (bicyclic) bond motifs is 2. The molecule has 5 rings (SSSR count). The summed E-state index contributed by atoms with van der Waals surface area (Å²) in [6, 6.07) is 10.8. The molecule has 1 fully saturated rings. The van der Waals surface area contributed by atoms with Crippen molar-refractivity contribution in [1.82, 2.24) is 15.3 Å². The Hall–Kier alpha value is -3.16. The molecule has 1 aliphatic carbocycles. The van der Waals surface area contributed by atoms with Gasteiger partial charge < -0.3 is 19.8 Å². The van der Waals surface area contributed by atoms with Gasteiger partial charge in [0.25, 0.3) is 12.3 Å². The number of benzene rings is 2. The van der Waals surface area contributed by atoms with Crippen LogP contribution in [0.2, 0.25) is 0 Å². The van der Waals surface area contributed by atoms with Crippen molar-refractivity contribution in [2.45, 2.75) is 37.5 Å². The predicted octanol–water partition coefficient (Wildman–Crippen LogP) is 4.51. The lowest BCUT2D eigenvalue weighted by atomic mass is 9.78. The molecule has 31 heavy (non-hydrogen) atoms. The van der Waals surface area contributed by atoms with Crippen LogP contribution in [0.3, 0.4) is 0 Å². The fourth-order valence-corrected chi connectivity index (χ4v) is 4.62. The Balaban J connectivity index is 1.35. The van der Waals surface area contributed by atoms with Crippen molar-refractivity contribution in [3.63, 3.8) is 0 Å². The number of rotatable bonds is 5. The van der Waals surface area contributed by atoms with Crippen LogP contribution in [-0.2, 0) is 5.41 Å². The number of halogens is 2. The SMILES string of the molecule is O=C(NCC1(c2ccc3c(c2)OCCO3)CCCC1)c1ccc2nc(C(F)F)[nH]c2c1. The number of imidazole rings is 1. The minimum absolute atomic E-state index is 0.160. The Kier molecular flexibility index (Phi) is 5.00. The first-order chi connectivity index (χ1) is 15.0. The van der Waals surface area contributed by atoms with Crippen molar-refractivity contribution in [2.75, 3.05) is 19.8 Å². The van der Waals surface area contributed by atoms with Crippen molar-refractivity contribution in [2.24, 2.45) is 0 Å². The van der Waals surface area contributed by atoms with E-state index >= 15 is 0 Å². The molecule has 3 aromatic rings. The largest absolute Gasteiger partial charge is 0.486 e. The van der Waals surface area contributed by atoms with Crippen LogP contribution < -0.4 is 14.8 Å². The first kappa shape index (κ1) is 19.8. The smallest absolute Gasteiger partial charge is 0.295 e. The Morgan fingerprint density at radius 2 is 1.87 bits per heavy atom. The van der Waals surface area contributed by atoms with Crippen LogP contribution in [0.1, 0.15) is 53.9 Å². The van der Waals surface area contributed by atoms with E-state index in [0.29, 0.717) is 36.4 Å². The van der Waals surface area contributed by atoms with Crippen molar-refractivity contribution in [3.8, 4) is 11.5 Å². The van der Waals surface area contributed by atoms with Crippen LogP contribution in [0.15, 0.2) is 36.4 Å². The fourth-order valence-electron chi connectivity index (χ4n) is 4.62. The number of nitrogens with zero attached hydrogens (tertiary/aromatic N) is 1. The molecule has 0 unspecified atom stereocenters. The van der Waals surface area contributed by atoms with Gasteiger partial charge in [0, 0.05) is 17.5 Å². The molecule has 0 saturated heterocycles. The summed E-state index contributed by atoms with van der Waals surface area (Å²) in [5.41, 5.74) is 2.22. The van der Waals surface area contributed by atoms with Crippen LogP contribution >= 0.6 is 0 Å². The molecule has 2 N–H and O–H groups in total. The highest BCUT2D eigenvalue weighted by molar-refractivity contribution is 5.97. The highest BCUT2D eigenvalue weighted by atomic mass is 19.3. The molecule has 0 spiro atoms. The molecule has 162 valence electrons. The molecule has 6 nitrogen and oxygen atoms in total. The molecule has 1 aliphatic heterocycles. The van der Waals surface area contributed by atoms with E-state index < -0.39 is 12.2 Å². The lowest BCUT2D eigenvalue weighted by Gasteiger charge is -2.31. The van der Waals surface area contributed by atoms with E-state index in [1.54, 1.807) is 18.2 Å². The summed E-state index contributed by atoms with van der Waals surface area (Å²) in [6.45, 7) is 1.57. The minimum atomic E-state index is -2.68. The number of alkyl halides is 2. The standard InChI is InChI=1S/C23H23F2N3O3/c24-20(25)21-27-16-5-3-14(11-17(16)28-21)22(29)26-13-23(7-1-2-8-23)15-4-6-18-19(12-15)31-10-9-30-18/h3-6,11-12,20H,1-2,7-10,13H2,(H,26,29)(H,27,28). The Bertz CT molecular complexity index is 1120. The maximum Gasteiger partial charge on any atom is 0.295 e.